The number of furan rings is 2. The zero-order chi connectivity index (χ0) is 46.4. The van der Waals surface area contributed by atoms with E-state index < -0.39 is 32.5 Å². The molecule has 0 aliphatic heterocycles. The lowest BCUT2D eigenvalue weighted by Crippen LogP contribution is -2.37. The molecule has 63 heavy (non-hydrogen) atoms. The summed E-state index contributed by atoms with van der Waals surface area (Å²) in [5, 5.41) is 0. The molecule has 0 spiro atoms. The Kier molecular flexibility index (Phi) is 29.8. The van der Waals surface area contributed by atoms with E-state index >= 15 is 0 Å². The molecular weight excluding hydrogens is 818 g/mol. The second kappa shape index (κ2) is 33.1. The summed E-state index contributed by atoms with van der Waals surface area (Å²) in [5.41, 5.74) is 3.95. The summed E-state index contributed by atoms with van der Waals surface area (Å²) in [6.07, 6.45) is 27.9. The van der Waals surface area contributed by atoms with Gasteiger partial charge in [0.2, 0.25) is 0 Å². The van der Waals surface area contributed by atoms with Crippen molar-refractivity contribution in [1.29, 1.82) is 0 Å². The van der Waals surface area contributed by atoms with Gasteiger partial charge in [0.1, 0.15) is 42.8 Å². The first-order chi connectivity index (χ1) is 30.1. The molecule has 0 amide bonds. The van der Waals surface area contributed by atoms with Crippen LogP contribution in [0, 0.1) is 20.8 Å². The first kappa shape index (κ1) is 56.7. The molecule has 364 valence electrons. The predicted octanol–water partition coefficient (Wildman–Crippen LogP) is 13.4. The van der Waals surface area contributed by atoms with Gasteiger partial charge in [-0.3, -0.25) is 18.6 Å². The number of hydrogen-bond donors (Lipinski definition) is 1. The van der Waals surface area contributed by atoms with E-state index in [-0.39, 0.29) is 26.1 Å². The van der Waals surface area contributed by atoms with Crippen LogP contribution in [-0.4, -0.2) is 74.9 Å². The highest BCUT2D eigenvalue weighted by Gasteiger charge is 2.27. The van der Waals surface area contributed by atoms with E-state index in [1.807, 2.05) is 21.1 Å². The van der Waals surface area contributed by atoms with Gasteiger partial charge in [0.15, 0.2) is 6.10 Å². The van der Waals surface area contributed by atoms with Gasteiger partial charge in [-0.1, -0.05) is 117 Å². The monoisotopic (exact) mass is 909 g/mol. The van der Waals surface area contributed by atoms with Gasteiger partial charge in [-0.25, -0.2) is 4.57 Å². The number of aryl methyl sites for hydroxylation is 5. The Morgan fingerprint density at radius 3 is 1.59 bits per heavy atom. The summed E-state index contributed by atoms with van der Waals surface area (Å²) in [7, 11) is 1.44. The lowest BCUT2D eigenvalue weighted by molar-refractivity contribution is -0.870. The summed E-state index contributed by atoms with van der Waals surface area (Å²) in [4.78, 5) is 35.7. The van der Waals surface area contributed by atoms with E-state index in [2.05, 4.69) is 40.7 Å². The van der Waals surface area contributed by atoms with Gasteiger partial charge in [-0.15, -0.1) is 0 Å². The van der Waals surface area contributed by atoms with E-state index in [9.17, 15) is 19.0 Å². The van der Waals surface area contributed by atoms with Crippen LogP contribution in [0.2, 0.25) is 0 Å². The maximum absolute atomic E-state index is 12.8. The summed E-state index contributed by atoms with van der Waals surface area (Å²) in [6.45, 7) is 10.8. The molecule has 0 aliphatic carbocycles. The number of phosphoric ester groups is 1. The lowest BCUT2D eigenvalue weighted by atomic mass is 10.0. The topological polar surface area (TPSA) is 135 Å². The molecule has 2 atom stereocenters. The quantitative estimate of drug-likeness (QED) is 0.0298. The van der Waals surface area contributed by atoms with Crippen LogP contribution >= 0.6 is 7.82 Å². The van der Waals surface area contributed by atoms with Crippen molar-refractivity contribution >= 4 is 19.8 Å². The van der Waals surface area contributed by atoms with E-state index in [0.717, 1.165) is 88.6 Å². The normalized spacial score (nSPS) is 13.3. The summed E-state index contributed by atoms with van der Waals surface area (Å²) < 4.78 is 46.9. The zero-order valence-corrected chi connectivity index (χ0v) is 42.2. The number of carbonyl (C=O) groups is 2. The number of hydrogen-bond acceptors (Lipinski definition) is 9. The first-order valence-electron chi connectivity index (χ1n) is 25.1. The van der Waals surface area contributed by atoms with Crippen molar-refractivity contribution in [2.24, 2.45) is 0 Å². The number of nitrogens with zero attached hydrogens (tertiary/aromatic N) is 1. The molecule has 0 saturated carbocycles. The minimum Gasteiger partial charge on any atom is -0.466 e. The SMILES string of the molecule is CCCCCc1cc(C)c(CCCCCCCCC(=O)OCC(COP(=O)(O)OCC[N+](C)(C)C)OC(=O)CCCCCCCCCCCCc2oc(CCCCC)c(C)c2C)o1. The van der Waals surface area contributed by atoms with Crippen LogP contribution in [0.3, 0.4) is 0 Å². The third-order valence-electron chi connectivity index (χ3n) is 12.0. The summed E-state index contributed by atoms with van der Waals surface area (Å²) in [5.74, 6) is 3.76. The molecule has 0 radical (unpaired) electrons. The van der Waals surface area contributed by atoms with Crippen molar-refractivity contribution in [2.75, 3.05) is 47.5 Å². The first-order valence-corrected chi connectivity index (χ1v) is 26.6. The zero-order valence-electron chi connectivity index (χ0n) is 41.3. The Labute approximate surface area is 383 Å². The number of esters is 2. The van der Waals surface area contributed by atoms with Crippen molar-refractivity contribution in [3.8, 4) is 0 Å². The average Bonchev–Trinajstić information content (AvgIpc) is 3.72. The smallest absolute Gasteiger partial charge is 0.466 e. The molecule has 2 rings (SSSR count). The standard InChI is InChI=1S/C51H90NO10P/c1-9-11-25-31-45-39-42(3)47(60-45)32-27-21-19-20-23-29-35-50(53)57-40-46(41-59-63(55,56)58-38-37-52(6,7)8)61-51(54)36-30-24-18-16-14-13-15-17-22-28-34-49-44(5)43(4)48(62-49)33-26-12-10-2/h39,46H,9-38,40-41H2,1-8H3/p+1. The fourth-order valence-electron chi connectivity index (χ4n) is 7.74. The minimum atomic E-state index is -4.40. The molecule has 2 aromatic rings. The van der Waals surface area contributed by atoms with Gasteiger partial charge < -0.3 is 27.7 Å². The second-order valence-electron chi connectivity index (χ2n) is 19.0. The highest BCUT2D eigenvalue weighted by molar-refractivity contribution is 7.47. The maximum Gasteiger partial charge on any atom is 0.472 e. The van der Waals surface area contributed by atoms with E-state index in [0.29, 0.717) is 23.9 Å². The Hall–Kier alpha value is -2.43. The number of phosphoric acid groups is 1. The number of carbonyl (C=O) groups excluding carboxylic acids is 2. The van der Waals surface area contributed by atoms with Gasteiger partial charge in [-0.05, 0) is 82.1 Å². The van der Waals surface area contributed by atoms with Crippen LogP contribution in [0.4, 0.5) is 0 Å². The second-order valence-corrected chi connectivity index (χ2v) is 20.4. The Balaban J connectivity index is 1.62. The maximum atomic E-state index is 12.8. The molecule has 0 aromatic carbocycles. The minimum absolute atomic E-state index is 0.0202. The van der Waals surface area contributed by atoms with Crippen LogP contribution < -0.4 is 0 Å². The van der Waals surface area contributed by atoms with E-state index in [1.54, 1.807) is 0 Å². The van der Waals surface area contributed by atoms with Crippen LogP contribution in [0.15, 0.2) is 14.9 Å². The van der Waals surface area contributed by atoms with Gasteiger partial charge >= 0.3 is 19.8 Å². The molecule has 1 N–H and O–H groups in total. The Morgan fingerprint density at radius 2 is 1.06 bits per heavy atom. The fourth-order valence-corrected chi connectivity index (χ4v) is 8.48. The number of unbranched alkanes of at least 4 members (excludes halogenated alkanes) is 18. The molecule has 0 fully saturated rings. The molecule has 0 aliphatic rings. The molecule has 2 heterocycles. The van der Waals surface area contributed by atoms with Crippen molar-refractivity contribution in [2.45, 2.75) is 221 Å². The number of ether oxygens (including phenoxy) is 2. The number of quaternary nitrogens is 1. The molecule has 12 heteroatoms. The van der Waals surface area contributed by atoms with E-state index in [4.69, 9.17) is 27.4 Å². The van der Waals surface area contributed by atoms with Crippen LogP contribution in [0.1, 0.15) is 208 Å². The molecule has 0 bridgehead atoms. The molecule has 2 aromatic heterocycles. The van der Waals surface area contributed by atoms with Crippen molar-refractivity contribution in [3.63, 3.8) is 0 Å². The molecule has 0 saturated heterocycles. The third-order valence-corrected chi connectivity index (χ3v) is 13.0. The fraction of sp³-hybridized carbons (Fsp3) is 0.804. The Morgan fingerprint density at radius 1 is 0.603 bits per heavy atom. The van der Waals surface area contributed by atoms with Gasteiger partial charge in [-0.2, -0.15) is 0 Å². The Bertz CT molecular complexity index is 1560. The molecule has 2 unspecified atom stereocenters. The van der Waals surface area contributed by atoms with Gasteiger partial charge in [0.25, 0.3) is 0 Å². The molecular formula is C51H91NO10P+. The highest BCUT2D eigenvalue weighted by Crippen LogP contribution is 2.43. The highest BCUT2D eigenvalue weighted by atomic mass is 31.2. The van der Waals surface area contributed by atoms with Gasteiger partial charge in [0, 0.05) is 38.5 Å². The number of likely N-dealkylation sites (N-methyl/N-ethyl adjacent to an activating group) is 1. The number of rotatable bonds is 40. The van der Waals surface area contributed by atoms with E-state index in [1.165, 1.54) is 105 Å². The predicted molar refractivity (Wildman–Crippen MR) is 254 cm³/mol. The summed E-state index contributed by atoms with van der Waals surface area (Å²) >= 11 is 0. The van der Waals surface area contributed by atoms with Crippen LogP contribution in [0.5, 0.6) is 0 Å². The lowest BCUT2D eigenvalue weighted by Gasteiger charge is -2.24. The third kappa shape index (κ3) is 27.6. The van der Waals surface area contributed by atoms with Crippen molar-refractivity contribution in [1.82, 2.24) is 0 Å². The van der Waals surface area contributed by atoms with Crippen molar-refractivity contribution in [3.05, 3.63) is 45.8 Å². The van der Waals surface area contributed by atoms with Crippen molar-refractivity contribution < 1.29 is 50.9 Å². The van der Waals surface area contributed by atoms with Crippen LogP contribution in [-0.2, 0) is 58.4 Å². The van der Waals surface area contributed by atoms with Crippen LogP contribution in [0.25, 0.3) is 0 Å². The largest absolute Gasteiger partial charge is 0.472 e. The molecule has 11 nitrogen and oxygen atoms in total. The summed E-state index contributed by atoms with van der Waals surface area (Å²) in [6, 6.07) is 2.19. The average molecular weight is 909 g/mol. The van der Waals surface area contributed by atoms with Gasteiger partial charge in [0.05, 0.1) is 27.7 Å².